The van der Waals surface area contributed by atoms with Crippen molar-refractivity contribution in [1.82, 2.24) is 9.97 Å². The van der Waals surface area contributed by atoms with Gasteiger partial charge in [0.05, 0.1) is 10.0 Å². The highest BCUT2D eigenvalue weighted by Crippen LogP contribution is 2.31. The van der Waals surface area contributed by atoms with Crippen LogP contribution in [0.4, 0.5) is 14.8 Å². The van der Waals surface area contributed by atoms with Gasteiger partial charge in [0.2, 0.25) is 0 Å². The minimum atomic E-state index is -0.910. The van der Waals surface area contributed by atoms with Crippen LogP contribution in [-0.2, 0) is 0 Å². The Balaban J connectivity index is 1.80. The molecule has 0 spiro atoms. The van der Waals surface area contributed by atoms with Gasteiger partial charge in [0.15, 0.2) is 5.58 Å². The summed E-state index contributed by atoms with van der Waals surface area (Å²) >= 11 is 17.5. The molecule has 4 rings (SSSR count). The second kappa shape index (κ2) is 7.54. The fraction of sp³-hybridized carbons (Fsp3) is 0.0526. The lowest BCUT2D eigenvalue weighted by molar-refractivity contribution is 0.574. The van der Waals surface area contributed by atoms with E-state index in [1.807, 2.05) is 0 Å². The summed E-state index contributed by atoms with van der Waals surface area (Å²) in [5, 5.41) is 3.52. The van der Waals surface area contributed by atoms with E-state index in [0.29, 0.717) is 21.7 Å². The van der Waals surface area contributed by atoms with E-state index in [4.69, 9.17) is 39.2 Å². The Kier molecular flexibility index (Phi) is 5.10. The molecule has 4 nitrogen and oxygen atoms in total. The number of anilines is 1. The minimum Gasteiger partial charge on any atom is -0.423 e. The lowest BCUT2D eigenvalue weighted by Crippen LogP contribution is -2.16. The molecule has 2 heterocycles. The van der Waals surface area contributed by atoms with Gasteiger partial charge in [0.25, 0.3) is 6.01 Å². The van der Waals surface area contributed by atoms with Gasteiger partial charge in [0.1, 0.15) is 28.9 Å². The molecule has 0 bridgehead atoms. The number of hydrogen-bond acceptors (Lipinski definition) is 4. The summed E-state index contributed by atoms with van der Waals surface area (Å²) in [7, 11) is 0. The average molecular weight is 441 g/mol. The van der Waals surface area contributed by atoms with Crippen LogP contribution in [0.2, 0.25) is 15.1 Å². The topological polar surface area (TPSA) is 51.0 Å². The summed E-state index contributed by atoms with van der Waals surface area (Å²) in [5.41, 5.74) is 1.36. The molecule has 0 amide bonds. The molecule has 0 fully saturated rings. The van der Waals surface area contributed by atoms with Crippen LogP contribution in [0.5, 0.6) is 0 Å². The number of fused-ring (bicyclic) bond motifs is 1. The van der Waals surface area contributed by atoms with E-state index in [9.17, 15) is 8.78 Å². The Bertz CT molecular complexity index is 1180. The number of halogens is 5. The van der Waals surface area contributed by atoms with Crippen LogP contribution >= 0.6 is 34.8 Å². The van der Waals surface area contributed by atoms with Gasteiger partial charge in [-0.25, -0.2) is 8.78 Å². The molecular formula is C19H10Cl3F2N3O. The van der Waals surface area contributed by atoms with Crippen LogP contribution in [0.15, 0.2) is 53.1 Å². The van der Waals surface area contributed by atoms with Crippen molar-refractivity contribution in [3.8, 4) is 0 Å². The minimum absolute atomic E-state index is 0.00795. The Morgan fingerprint density at radius 3 is 2.50 bits per heavy atom. The fourth-order valence-corrected chi connectivity index (χ4v) is 3.15. The van der Waals surface area contributed by atoms with Gasteiger partial charge in [-0.05, 0) is 35.9 Å². The molecule has 0 aliphatic heterocycles. The van der Waals surface area contributed by atoms with Crippen LogP contribution in [0.25, 0.3) is 11.1 Å². The summed E-state index contributed by atoms with van der Waals surface area (Å²) in [4.78, 5) is 8.35. The second-order valence-electron chi connectivity index (χ2n) is 5.90. The predicted octanol–water partition coefficient (Wildman–Crippen LogP) is 6.66. The zero-order valence-corrected chi connectivity index (χ0v) is 16.2. The molecule has 0 saturated carbocycles. The molecule has 0 aliphatic carbocycles. The van der Waals surface area contributed by atoms with Crippen molar-refractivity contribution in [3.05, 3.63) is 86.6 Å². The standard InChI is InChI=1S/C19H10Cl3F2N3O/c20-10-2-4-15-16(7-10)28-19(26-15)27-17(9-1-3-12(22)13(23)5-9)18-14(24)6-11(21)8-25-18/h1-8,17H,(H,26,27). The largest absolute Gasteiger partial charge is 0.423 e. The number of hydrogen-bond donors (Lipinski definition) is 1. The van der Waals surface area contributed by atoms with E-state index < -0.39 is 17.7 Å². The zero-order chi connectivity index (χ0) is 19.8. The molecule has 1 N–H and O–H groups in total. The molecular weight excluding hydrogens is 431 g/mol. The van der Waals surface area contributed by atoms with E-state index in [1.165, 1.54) is 18.3 Å². The highest BCUT2D eigenvalue weighted by Gasteiger charge is 2.23. The van der Waals surface area contributed by atoms with E-state index in [-0.39, 0.29) is 21.8 Å². The normalized spacial score (nSPS) is 12.3. The molecule has 28 heavy (non-hydrogen) atoms. The number of aromatic nitrogens is 2. The third-order valence-electron chi connectivity index (χ3n) is 4.00. The Morgan fingerprint density at radius 1 is 0.929 bits per heavy atom. The third-order valence-corrected chi connectivity index (χ3v) is 4.75. The van der Waals surface area contributed by atoms with Crippen molar-refractivity contribution in [3.63, 3.8) is 0 Å². The van der Waals surface area contributed by atoms with Gasteiger partial charge in [-0.15, -0.1) is 0 Å². The molecule has 2 aromatic heterocycles. The first-order valence-electron chi connectivity index (χ1n) is 7.99. The average Bonchev–Trinajstić information content (AvgIpc) is 3.04. The highest BCUT2D eigenvalue weighted by atomic mass is 35.5. The van der Waals surface area contributed by atoms with Gasteiger partial charge < -0.3 is 9.73 Å². The molecule has 142 valence electrons. The van der Waals surface area contributed by atoms with Crippen molar-refractivity contribution in [1.29, 1.82) is 0 Å². The van der Waals surface area contributed by atoms with Crippen LogP contribution in [0, 0.1) is 11.6 Å². The van der Waals surface area contributed by atoms with E-state index in [1.54, 1.807) is 24.3 Å². The fourth-order valence-electron chi connectivity index (χ4n) is 2.72. The summed E-state index contributed by atoms with van der Waals surface area (Å²) in [6, 6.07) is 9.38. The van der Waals surface area contributed by atoms with E-state index in [0.717, 1.165) is 6.07 Å². The molecule has 0 radical (unpaired) electrons. The van der Waals surface area contributed by atoms with Gasteiger partial charge in [-0.1, -0.05) is 40.9 Å². The smallest absolute Gasteiger partial charge is 0.296 e. The molecule has 1 unspecified atom stereocenters. The van der Waals surface area contributed by atoms with Crippen molar-refractivity contribution in [2.45, 2.75) is 6.04 Å². The van der Waals surface area contributed by atoms with E-state index >= 15 is 0 Å². The Hall–Kier alpha value is -2.41. The Morgan fingerprint density at radius 2 is 1.75 bits per heavy atom. The first kappa shape index (κ1) is 18.9. The van der Waals surface area contributed by atoms with Crippen LogP contribution < -0.4 is 5.32 Å². The Labute approximate surface area is 173 Å². The first-order valence-corrected chi connectivity index (χ1v) is 9.12. The molecule has 1 atom stereocenters. The number of nitrogens with one attached hydrogen (secondary N) is 1. The maximum atomic E-state index is 14.6. The lowest BCUT2D eigenvalue weighted by atomic mass is 10.0. The molecule has 4 aromatic rings. The maximum absolute atomic E-state index is 14.6. The van der Waals surface area contributed by atoms with Crippen LogP contribution in [-0.4, -0.2) is 9.97 Å². The number of nitrogens with zero attached hydrogens (tertiary/aromatic N) is 2. The van der Waals surface area contributed by atoms with Gasteiger partial charge in [-0.2, -0.15) is 4.98 Å². The highest BCUT2D eigenvalue weighted by molar-refractivity contribution is 6.31. The number of oxazole rings is 1. The lowest BCUT2D eigenvalue weighted by Gasteiger charge is -2.18. The number of benzene rings is 2. The summed E-state index contributed by atoms with van der Waals surface area (Å²) in [6.07, 6.45) is 1.30. The second-order valence-corrected chi connectivity index (χ2v) is 7.18. The monoisotopic (exact) mass is 439 g/mol. The quantitative estimate of drug-likeness (QED) is 0.385. The third kappa shape index (κ3) is 3.76. The molecule has 0 saturated heterocycles. The van der Waals surface area contributed by atoms with Crippen LogP contribution in [0.3, 0.4) is 0 Å². The van der Waals surface area contributed by atoms with Crippen molar-refractivity contribution in [2.24, 2.45) is 0 Å². The van der Waals surface area contributed by atoms with E-state index in [2.05, 4.69) is 15.3 Å². The first-order chi connectivity index (χ1) is 13.4. The van der Waals surface area contributed by atoms with Gasteiger partial charge >= 0.3 is 0 Å². The van der Waals surface area contributed by atoms with Crippen molar-refractivity contribution < 1.29 is 13.2 Å². The maximum Gasteiger partial charge on any atom is 0.296 e. The number of rotatable bonds is 4. The van der Waals surface area contributed by atoms with Crippen molar-refractivity contribution >= 4 is 51.9 Å². The van der Waals surface area contributed by atoms with Gasteiger partial charge in [-0.3, -0.25) is 4.98 Å². The van der Waals surface area contributed by atoms with Crippen LogP contribution in [0.1, 0.15) is 17.3 Å². The predicted molar refractivity (Wildman–Crippen MR) is 105 cm³/mol. The molecule has 9 heteroatoms. The summed E-state index contributed by atoms with van der Waals surface area (Å²) < 4.78 is 34.2. The molecule has 2 aromatic carbocycles. The SMILES string of the molecule is Fc1cc(C(Nc2nc3ccc(Cl)cc3o2)c2ncc(Cl)cc2F)ccc1Cl. The number of pyridine rings is 1. The summed E-state index contributed by atoms with van der Waals surface area (Å²) in [6.45, 7) is 0. The molecule has 0 aliphatic rings. The van der Waals surface area contributed by atoms with Gasteiger partial charge in [0, 0.05) is 17.3 Å². The zero-order valence-electron chi connectivity index (χ0n) is 13.9. The summed E-state index contributed by atoms with van der Waals surface area (Å²) in [5.74, 6) is -1.32. The van der Waals surface area contributed by atoms with Crippen molar-refractivity contribution in [2.75, 3.05) is 5.32 Å².